The molecule has 0 bridgehead atoms. The summed E-state index contributed by atoms with van der Waals surface area (Å²) in [4.78, 5) is 12.0. The SMILES string of the molecule is COCO[C@H]1COCO[C@H]1COC(=O)[C@H](C)Oc1ccccc1F. The predicted octanol–water partition coefficient (Wildman–Crippen LogP) is 1.50. The van der Waals surface area contributed by atoms with Crippen molar-refractivity contribution in [1.82, 2.24) is 0 Å². The first-order chi connectivity index (χ1) is 11.6. The first-order valence-electron chi connectivity index (χ1n) is 7.49. The fourth-order valence-corrected chi connectivity index (χ4v) is 2.04. The lowest BCUT2D eigenvalue weighted by Gasteiger charge is -2.31. The van der Waals surface area contributed by atoms with E-state index in [2.05, 4.69) is 0 Å². The number of methoxy groups -OCH3 is 1. The zero-order valence-electron chi connectivity index (χ0n) is 13.6. The van der Waals surface area contributed by atoms with Crippen LogP contribution in [0.25, 0.3) is 0 Å². The molecule has 0 amide bonds. The van der Waals surface area contributed by atoms with Gasteiger partial charge in [0, 0.05) is 7.11 Å². The highest BCUT2D eigenvalue weighted by Gasteiger charge is 2.30. The van der Waals surface area contributed by atoms with Crippen molar-refractivity contribution in [3.8, 4) is 5.75 Å². The molecule has 1 saturated heterocycles. The van der Waals surface area contributed by atoms with Gasteiger partial charge in [0.1, 0.15) is 32.4 Å². The van der Waals surface area contributed by atoms with Crippen molar-refractivity contribution < 1.29 is 37.6 Å². The van der Waals surface area contributed by atoms with Gasteiger partial charge < -0.3 is 28.4 Å². The van der Waals surface area contributed by atoms with Gasteiger partial charge in [-0.15, -0.1) is 0 Å². The van der Waals surface area contributed by atoms with Crippen LogP contribution in [0.3, 0.4) is 0 Å². The standard InChI is InChI=1S/C16H21FO7/c1-11(24-13-6-4-3-5-12(13)17)16(18)21-8-15-14(22-9-19-2)7-20-10-23-15/h3-6,11,14-15H,7-10H2,1-2H3/t11-,14-,15-/m0/s1. The van der Waals surface area contributed by atoms with E-state index in [9.17, 15) is 9.18 Å². The second-order valence-electron chi connectivity index (χ2n) is 5.13. The molecule has 1 aliphatic heterocycles. The summed E-state index contributed by atoms with van der Waals surface area (Å²) in [7, 11) is 1.50. The Labute approximate surface area is 139 Å². The van der Waals surface area contributed by atoms with Crippen molar-refractivity contribution in [3.63, 3.8) is 0 Å². The van der Waals surface area contributed by atoms with Gasteiger partial charge in [0.25, 0.3) is 0 Å². The molecule has 7 nitrogen and oxygen atoms in total. The van der Waals surface area contributed by atoms with Crippen LogP contribution in [0.15, 0.2) is 24.3 Å². The summed E-state index contributed by atoms with van der Waals surface area (Å²) in [6.07, 6.45) is -1.84. The number of carbonyl (C=O) groups excluding carboxylic acids is 1. The first kappa shape index (κ1) is 18.6. The second-order valence-corrected chi connectivity index (χ2v) is 5.13. The highest BCUT2D eigenvalue weighted by molar-refractivity contribution is 5.74. The largest absolute Gasteiger partial charge is 0.476 e. The Kier molecular flexibility index (Phi) is 7.38. The van der Waals surface area contributed by atoms with Crippen LogP contribution in [-0.4, -0.2) is 58.2 Å². The van der Waals surface area contributed by atoms with Crippen LogP contribution in [0.5, 0.6) is 5.75 Å². The minimum absolute atomic E-state index is 0.00873. The molecule has 0 unspecified atom stereocenters. The summed E-state index contributed by atoms with van der Waals surface area (Å²) in [6.45, 7) is 1.94. The number of hydrogen-bond donors (Lipinski definition) is 0. The molecule has 1 heterocycles. The third kappa shape index (κ3) is 5.41. The van der Waals surface area contributed by atoms with Crippen molar-refractivity contribution in [2.45, 2.75) is 25.2 Å². The molecular weight excluding hydrogens is 323 g/mol. The number of para-hydroxylation sites is 1. The molecule has 0 spiro atoms. The van der Waals surface area contributed by atoms with Gasteiger partial charge in [-0.05, 0) is 19.1 Å². The summed E-state index contributed by atoms with van der Waals surface area (Å²) in [5, 5.41) is 0. The Bertz CT molecular complexity index is 525. The zero-order chi connectivity index (χ0) is 17.4. The highest BCUT2D eigenvalue weighted by Crippen LogP contribution is 2.18. The maximum absolute atomic E-state index is 13.5. The highest BCUT2D eigenvalue weighted by atomic mass is 19.1. The van der Waals surface area contributed by atoms with E-state index in [-0.39, 0.29) is 25.9 Å². The van der Waals surface area contributed by atoms with Crippen LogP contribution in [0.1, 0.15) is 6.92 Å². The summed E-state index contributed by atoms with van der Waals surface area (Å²) >= 11 is 0. The molecule has 1 fully saturated rings. The van der Waals surface area contributed by atoms with Crippen molar-refractivity contribution >= 4 is 5.97 Å². The Balaban J connectivity index is 1.81. The number of benzene rings is 1. The van der Waals surface area contributed by atoms with Crippen molar-refractivity contribution in [2.75, 3.05) is 33.9 Å². The summed E-state index contributed by atoms with van der Waals surface area (Å²) in [5.74, 6) is -1.18. The van der Waals surface area contributed by atoms with E-state index < -0.39 is 30.1 Å². The maximum Gasteiger partial charge on any atom is 0.347 e. The van der Waals surface area contributed by atoms with Gasteiger partial charge in [0.15, 0.2) is 17.7 Å². The topological polar surface area (TPSA) is 72.5 Å². The molecule has 2 rings (SSSR count). The molecule has 8 heteroatoms. The van der Waals surface area contributed by atoms with Crippen LogP contribution in [0.2, 0.25) is 0 Å². The van der Waals surface area contributed by atoms with Gasteiger partial charge in [-0.25, -0.2) is 9.18 Å². The molecule has 134 valence electrons. The molecule has 0 N–H and O–H groups in total. The smallest absolute Gasteiger partial charge is 0.347 e. The summed E-state index contributed by atoms with van der Waals surface area (Å²) in [6, 6.07) is 5.84. The van der Waals surface area contributed by atoms with Gasteiger partial charge in [-0.3, -0.25) is 0 Å². The molecular formula is C16H21FO7. The Morgan fingerprint density at radius 3 is 2.96 bits per heavy atom. The Morgan fingerprint density at radius 2 is 2.21 bits per heavy atom. The van der Waals surface area contributed by atoms with E-state index in [0.29, 0.717) is 6.61 Å². The lowest BCUT2D eigenvalue weighted by molar-refractivity contribution is -0.236. The number of hydrogen-bond acceptors (Lipinski definition) is 7. The van der Waals surface area contributed by atoms with Gasteiger partial charge in [-0.2, -0.15) is 0 Å². The van der Waals surface area contributed by atoms with Gasteiger partial charge in [-0.1, -0.05) is 12.1 Å². The molecule has 0 radical (unpaired) electrons. The van der Waals surface area contributed by atoms with Crippen molar-refractivity contribution in [2.24, 2.45) is 0 Å². The summed E-state index contributed by atoms with van der Waals surface area (Å²) in [5.41, 5.74) is 0. The zero-order valence-corrected chi connectivity index (χ0v) is 13.6. The monoisotopic (exact) mass is 344 g/mol. The normalized spacial score (nSPS) is 22.0. The second kappa shape index (κ2) is 9.53. The third-order valence-corrected chi connectivity index (χ3v) is 3.32. The third-order valence-electron chi connectivity index (χ3n) is 3.32. The average molecular weight is 344 g/mol. The van der Waals surface area contributed by atoms with Crippen LogP contribution in [0, 0.1) is 5.82 Å². The number of rotatable bonds is 8. The molecule has 1 aromatic carbocycles. The molecule has 3 atom stereocenters. The van der Waals surface area contributed by atoms with Crippen LogP contribution >= 0.6 is 0 Å². The molecule has 1 aromatic rings. The molecule has 24 heavy (non-hydrogen) atoms. The van der Waals surface area contributed by atoms with E-state index >= 15 is 0 Å². The van der Waals surface area contributed by atoms with Crippen LogP contribution in [-0.2, 0) is 28.5 Å². The van der Waals surface area contributed by atoms with E-state index in [1.165, 1.54) is 32.2 Å². The average Bonchev–Trinajstić information content (AvgIpc) is 2.60. The number of carbonyl (C=O) groups is 1. The van der Waals surface area contributed by atoms with E-state index in [4.69, 9.17) is 28.4 Å². The van der Waals surface area contributed by atoms with Gasteiger partial charge in [0.05, 0.1) is 6.61 Å². The van der Waals surface area contributed by atoms with E-state index in [0.717, 1.165) is 0 Å². The number of ether oxygens (including phenoxy) is 6. The minimum atomic E-state index is -0.958. The fraction of sp³-hybridized carbons (Fsp3) is 0.562. The fourth-order valence-electron chi connectivity index (χ4n) is 2.04. The lowest BCUT2D eigenvalue weighted by atomic mass is 10.2. The van der Waals surface area contributed by atoms with Crippen LogP contribution < -0.4 is 4.74 Å². The Morgan fingerprint density at radius 1 is 1.42 bits per heavy atom. The summed E-state index contributed by atoms with van der Waals surface area (Å²) < 4.78 is 44.7. The number of halogens is 1. The molecule has 1 aliphatic rings. The van der Waals surface area contributed by atoms with Gasteiger partial charge >= 0.3 is 5.97 Å². The maximum atomic E-state index is 13.5. The predicted molar refractivity (Wildman–Crippen MR) is 79.9 cm³/mol. The first-order valence-corrected chi connectivity index (χ1v) is 7.49. The van der Waals surface area contributed by atoms with E-state index in [1.54, 1.807) is 6.07 Å². The minimum Gasteiger partial charge on any atom is -0.476 e. The van der Waals surface area contributed by atoms with Gasteiger partial charge in [0.2, 0.25) is 0 Å². The molecule has 0 saturated carbocycles. The van der Waals surface area contributed by atoms with Crippen molar-refractivity contribution in [1.29, 1.82) is 0 Å². The van der Waals surface area contributed by atoms with Crippen molar-refractivity contribution in [3.05, 3.63) is 30.1 Å². The van der Waals surface area contributed by atoms with E-state index in [1.807, 2.05) is 0 Å². The lowest BCUT2D eigenvalue weighted by Crippen LogP contribution is -2.45. The molecule has 0 aliphatic carbocycles. The molecule has 0 aromatic heterocycles. The Hall–Kier alpha value is -1.74. The quantitative estimate of drug-likeness (QED) is 0.523. The van der Waals surface area contributed by atoms with Crippen LogP contribution in [0.4, 0.5) is 4.39 Å². The number of esters is 1.